The number of anilines is 1. The molecule has 6 heteroatoms. The predicted octanol–water partition coefficient (Wildman–Crippen LogP) is 3.50. The second-order valence-corrected chi connectivity index (χ2v) is 6.13. The molecule has 0 unspecified atom stereocenters. The quantitative estimate of drug-likeness (QED) is 0.919. The van der Waals surface area contributed by atoms with Crippen molar-refractivity contribution in [2.45, 2.75) is 13.5 Å². The number of pyridine rings is 1. The summed E-state index contributed by atoms with van der Waals surface area (Å²) < 4.78 is 0.730. The lowest BCUT2D eigenvalue weighted by Crippen LogP contribution is -2.26. The number of carbonyl (C=O) groups excluding carboxylic acids is 1. The smallest absolute Gasteiger partial charge is 0.272 e. The third-order valence-corrected chi connectivity index (χ3v) is 3.94. The molecule has 0 atom stereocenters. The fourth-order valence-electron chi connectivity index (χ4n) is 1.80. The summed E-state index contributed by atoms with van der Waals surface area (Å²) >= 11 is 7.37. The van der Waals surface area contributed by atoms with Crippen molar-refractivity contribution in [3.63, 3.8) is 0 Å². The molecule has 0 spiro atoms. The molecule has 20 heavy (non-hydrogen) atoms. The van der Waals surface area contributed by atoms with Crippen molar-refractivity contribution in [1.29, 1.82) is 0 Å². The first-order chi connectivity index (χ1) is 9.60. The molecule has 1 N–H and O–H groups in total. The lowest BCUT2D eigenvalue weighted by atomic mass is 10.3. The minimum Gasteiger partial charge on any atom is -0.385 e. The normalized spacial score (nSPS) is 10.3. The minimum absolute atomic E-state index is 0.103. The highest BCUT2D eigenvalue weighted by Crippen LogP contribution is 2.22. The van der Waals surface area contributed by atoms with Crippen LogP contribution in [0.25, 0.3) is 0 Å². The number of nitrogens with zero attached hydrogens (tertiary/aromatic N) is 2. The van der Waals surface area contributed by atoms with E-state index in [-0.39, 0.29) is 5.91 Å². The van der Waals surface area contributed by atoms with Gasteiger partial charge in [0.25, 0.3) is 5.91 Å². The molecule has 0 saturated carbocycles. The standard InChI is InChI=1S/C14H16ClN3OS/c1-3-16-10-6-7-17-12(8-10)14(19)18(2)9-11-4-5-13(15)20-11/h4-8H,3,9H2,1-2H3,(H,16,17). The van der Waals surface area contributed by atoms with E-state index in [0.717, 1.165) is 21.4 Å². The van der Waals surface area contributed by atoms with Crippen molar-refractivity contribution in [3.05, 3.63) is 45.4 Å². The first-order valence-electron chi connectivity index (χ1n) is 6.29. The molecule has 106 valence electrons. The number of carbonyl (C=O) groups is 1. The summed E-state index contributed by atoms with van der Waals surface area (Å²) in [5, 5.41) is 3.17. The predicted molar refractivity (Wildman–Crippen MR) is 83.5 cm³/mol. The zero-order valence-electron chi connectivity index (χ0n) is 11.4. The van der Waals surface area contributed by atoms with Gasteiger partial charge >= 0.3 is 0 Å². The number of nitrogens with one attached hydrogen (secondary N) is 1. The second kappa shape index (κ2) is 6.72. The van der Waals surface area contributed by atoms with E-state index in [1.165, 1.54) is 11.3 Å². The second-order valence-electron chi connectivity index (χ2n) is 4.33. The van der Waals surface area contributed by atoms with Crippen LogP contribution < -0.4 is 5.32 Å². The topological polar surface area (TPSA) is 45.2 Å². The molecular weight excluding hydrogens is 294 g/mol. The largest absolute Gasteiger partial charge is 0.385 e. The molecule has 1 amide bonds. The van der Waals surface area contributed by atoms with Gasteiger partial charge in [-0.15, -0.1) is 11.3 Å². The molecule has 0 aliphatic heterocycles. The molecule has 0 fully saturated rings. The number of hydrogen-bond acceptors (Lipinski definition) is 4. The fraction of sp³-hybridized carbons (Fsp3) is 0.286. The summed E-state index contributed by atoms with van der Waals surface area (Å²) in [4.78, 5) is 19.1. The van der Waals surface area contributed by atoms with Gasteiger partial charge in [0.15, 0.2) is 0 Å². The van der Waals surface area contributed by atoms with E-state index in [0.29, 0.717) is 12.2 Å². The Morgan fingerprint density at radius 3 is 2.90 bits per heavy atom. The van der Waals surface area contributed by atoms with Crippen LogP contribution in [-0.2, 0) is 6.54 Å². The average molecular weight is 310 g/mol. The molecule has 2 rings (SSSR count). The Bertz CT molecular complexity index is 600. The van der Waals surface area contributed by atoms with Crippen molar-refractivity contribution in [2.75, 3.05) is 18.9 Å². The van der Waals surface area contributed by atoms with Gasteiger partial charge in [0.2, 0.25) is 0 Å². The van der Waals surface area contributed by atoms with Gasteiger partial charge in [-0.3, -0.25) is 9.78 Å². The number of halogens is 1. The molecule has 0 aromatic carbocycles. The number of rotatable bonds is 5. The monoisotopic (exact) mass is 309 g/mol. The molecule has 0 radical (unpaired) electrons. The fourth-order valence-corrected chi connectivity index (χ4v) is 2.94. The van der Waals surface area contributed by atoms with E-state index in [4.69, 9.17) is 11.6 Å². The van der Waals surface area contributed by atoms with E-state index < -0.39 is 0 Å². The molecule has 0 bridgehead atoms. The van der Waals surface area contributed by atoms with Crippen LogP contribution in [0.3, 0.4) is 0 Å². The number of amides is 1. The highest BCUT2D eigenvalue weighted by molar-refractivity contribution is 7.16. The van der Waals surface area contributed by atoms with Crippen LogP contribution in [0.1, 0.15) is 22.3 Å². The summed E-state index contributed by atoms with van der Waals surface area (Å²) in [5.74, 6) is -0.103. The molecule has 0 saturated heterocycles. The van der Waals surface area contributed by atoms with Gasteiger partial charge in [0.1, 0.15) is 5.69 Å². The van der Waals surface area contributed by atoms with Gasteiger partial charge in [0, 0.05) is 30.4 Å². The molecule has 2 aromatic heterocycles. The molecule has 4 nitrogen and oxygen atoms in total. The summed E-state index contributed by atoms with van der Waals surface area (Å²) in [5.41, 5.74) is 1.34. The first kappa shape index (κ1) is 14.8. The molecule has 0 aliphatic carbocycles. The average Bonchev–Trinajstić information content (AvgIpc) is 2.84. The molecular formula is C14H16ClN3OS. The number of thiophene rings is 1. The summed E-state index contributed by atoms with van der Waals surface area (Å²) in [6.07, 6.45) is 1.64. The first-order valence-corrected chi connectivity index (χ1v) is 7.49. The zero-order valence-corrected chi connectivity index (χ0v) is 13.0. The van der Waals surface area contributed by atoms with Gasteiger partial charge in [-0.05, 0) is 31.2 Å². The van der Waals surface area contributed by atoms with Crippen LogP contribution in [-0.4, -0.2) is 29.4 Å². The Kier molecular flexibility index (Phi) is 4.98. The van der Waals surface area contributed by atoms with Gasteiger partial charge in [-0.2, -0.15) is 0 Å². The summed E-state index contributed by atoms with van der Waals surface area (Å²) in [7, 11) is 1.76. The third-order valence-electron chi connectivity index (χ3n) is 2.73. The Morgan fingerprint density at radius 2 is 2.25 bits per heavy atom. The lowest BCUT2D eigenvalue weighted by molar-refractivity contribution is 0.0780. The van der Waals surface area contributed by atoms with Gasteiger partial charge in [-0.25, -0.2) is 0 Å². The van der Waals surface area contributed by atoms with Crippen molar-refractivity contribution in [3.8, 4) is 0 Å². The molecule has 2 heterocycles. The van der Waals surface area contributed by atoms with E-state index in [1.54, 1.807) is 24.2 Å². The molecule has 0 aliphatic rings. The van der Waals surface area contributed by atoms with E-state index in [1.807, 2.05) is 25.1 Å². The van der Waals surface area contributed by atoms with Crippen LogP contribution in [0.5, 0.6) is 0 Å². The maximum absolute atomic E-state index is 12.3. The van der Waals surface area contributed by atoms with Crippen LogP contribution in [0, 0.1) is 0 Å². The van der Waals surface area contributed by atoms with Crippen molar-refractivity contribution < 1.29 is 4.79 Å². The van der Waals surface area contributed by atoms with Gasteiger partial charge in [0.05, 0.1) is 10.9 Å². The number of aromatic nitrogens is 1. The Labute approximate surface area is 127 Å². The summed E-state index contributed by atoms with van der Waals surface area (Å²) in [6.45, 7) is 3.35. The van der Waals surface area contributed by atoms with Crippen molar-refractivity contribution in [1.82, 2.24) is 9.88 Å². The maximum atomic E-state index is 12.3. The van der Waals surface area contributed by atoms with E-state index in [2.05, 4.69) is 10.3 Å². The van der Waals surface area contributed by atoms with E-state index >= 15 is 0 Å². The van der Waals surface area contributed by atoms with Crippen molar-refractivity contribution >= 4 is 34.5 Å². The maximum Gasteiger partial charge on any atom is 0.272 e. The SMILES string of the molecule is CCNc1ccnc(C(=O)N(C)Cc2ccc(Cl)s2)c1. The van der Waals surface area contributed by atoms with Crippen LogP contribution in [0.15, 0.2) is 30.5 Å². The minimum atomic E-state index is -0.103. The number of hydrogen-bond donors (Lipinski definition) is 1. The Hall–Kier alpha value is -1.59. The van der Waals surface area contributed by atoms with Crippen LogP contribution in [0.4, 0.5) is 5.69 Å². The lowest BCUT2D eigenvalue weighted by Gasteiger charge is -2.16. The zero-order chi connectivity index (χ0) is 14.5. The Morgan fingerprint density at radius 1 is 1.45 bits per heavy atom. The Balaban J connectivity index is 2.07. The van der Waals surface area contributed by atoms with Gasteiger partial charge < -0.3 is 10.2 Å². The van der Waals surface area contributed by atoms with Gasteiger partial charge in [-0.1, -0.05) is 11.6 Å². The third kappa shape index (κ3) is 3.71. The molecule has 2 aromatic rings. The van der Waals surface area contributed by atoms with Crippen LogP contribution >= 0.6 is 22.9 Å². The highest BCUT2D eigenvalue weighted by Gasteiger charge is 2.14. The van der Waals surface area contributed by atoms with E-state index in [9.17, 15) is 4.79 Å². The summed E-state index contributed by atoms with van der Waals surface area (Å²) in [6, 6.07) is 7.38. The van der Waals surface area contributed by atoms with Crippen molar-refractivity contribution in [2.24, 2.45) is 0 Å². The van der Waals surface area contributed by atoms with Crippen LogP contribution in [0.2, 0.25) is 4.34 Å². The highest BCUT2D eigenvalue weighted by atomic mass is 35.5.